The van der Waals surface area contributed by atoms with Crippen LogP contribution in [0.1, 0.15) is 90.9 Å². The fourth-order valence-electron chi connectivity index (χ4n) is 5.56. The molecule has 26 heavy (non-hydrogen) atoms. The van der Waals surface area contributed by atoms with Crippen LogP contribution >= 0.6 is 0 Å². The molecule has 3 nitrogen and oxygen atoms in total. The first-order valence-electron chi connectivity index (χ1n) is 11.4. The lowest BCUT2D eigenvalue weighted by Gasteiger charge is -2.44. The van der Waals surface area contributed by atoms with Gasteiger partial charge in [-0.15, -0.1) is 0 Å². The summed E-state index contributed by atoms with van der Waals surface area (Å²) in [6.45, 7) is 9.35. The molecule has 1 aliphatic carbocycles. The van der Waals surface area contributed by atoms with Crippen molar-refractivity contribution in [1.29, 1.82) is 0 Å². The van der Waals surface area contributed by atoms with Crippen molar-refractivity contribution in [3.63, 3.8) is 0 Å². The van der Waals surface area contributed by atoms with Crippen LogP contribution in [0.2, 0.25) is 0 Å². The van der Waals surface area contributed by atoms with Crippen LogP contribution in [0.4, 0.5) is 0 Å². The monoisotopic (exact) mass is 364 g/mol. The Morgan fingerprint density at radius 1 is 0.962 bits per heavy atom. The van der Waals surface area contributed by atoms with Crippen LogP contribution in [0, 0.1) is 10.8 Å². The Morgan fingerprint density at radius 2 is 1.65 bits per heavy atom. The number of rotatable bonds is 11. The van der Waals surface area contributed by atoms with Gasteiger partial charge in [0.2, 0.25) is 0 Å². The van der Waals surface area contributed by atoms with E-state index in [9.17, 15) is 4.79 Å². The predicted octanol–water partition coefficient (Wildman–Crippen LogP) is 5.14. The van der Waals surface area contributed by atoms with Crippen molar-refractivity contribution in [2.45, 2.75) is 90.9 Å². The van der Waals surface area contributed by atoms with Crippen LogP contribution in [-0.2, 0) is 4.79 Å². The van der Waals surface area contributed by atoms with E-state index in [1.807, 2.05) is 0 Å². The van der Waals surface area contributed by atoms with E-state index >= 15 is 0 Å². The summed E-state index contributed by atoms with van der Waals surface area (Å²) in [6, 6.07) is 0. The van der Waals surface area contributed by atoms with Gasteiger partial charge in [-0.1, -0.05) is 39.5 Å². The summed E-state index contributed by atoms with van der Waals surface area (Å²) in [5.41, 5.74) is 0.363. The van der Waals surface area contributed by atoms with Crippen LogP contribution in [0.15, 0.2) is 0 Å². The molecule has 0 aromatic heterocycles. The highest BCUT2D eigenvalue weighted by Gasteiger charge is 2.49. The lowest BCUT2D eigenvalue weighted by atomic mass is 9.59. The summed E-state index contributed by atoms with van der Waals surface area (Å²) in [4.78, 5) is 18.1. The minimum atomic E-state index is 0.0363. The maximum atomic E-state index is 13.1. The number of nitrogens with zero attached hydrogens (tertiary/aromatic N) is 2. The van der Waals surface area contributed by atoms with Gasteiger partial charge in [-0.3, -0.25) is 4.79 Å². The van der Waals surface area contributed by atoms with Gasteiger partial charge in [0.1, 0.15) is 5.78 Å². The summed E-state index contributed by atoms with van der Waals surface area (Å²) in [5, 5.41) is 0. The highest BCUT2D eigenvalue weighted by Crippen LogP contribution is 2.51. The summed E-state index contributed by atoms with van der Waals surface area (Å²) < 4.78 is 0. The van der Waals surface area contributed by atoms with Gasteiger partial charge in [0.25, 0.3) is 0 Å². The molecule has 1 atom stereocenters. The van der Waals surface area contributed by atoms with E-state index in [2.05, 4.69) is 37.7 Å². The van der Waals surface area contributed by atoms with Crippen molar-refractivity contribution in [3.8, 4) is 0 Å². The molecule has 1 aliphatic heterocycles. The van der Waals surface area contributed by atoms with Gasteiger partial charge in [-0.05, 0) is 84.1 Å². The van der Waals surface area contributed by atoms with E-state index in [1.54, 1.807) is 0 Å². The first-order valence-corrected chi connectivity index (χ1v) is 11.4. The van der Waals surface area contributed by atoms with E-state index < -0.39 is 0 Å². The standard InChI is InChI=1S/C23H44N2O/c1-5-11-23(12-6-2)14-13-22(19-21(23)26)15-18-25(20-22)17-10-8-7-9-16-24(3)4/h5-20H2,1-4H3. The summed E-state index contributed by atoms with van der Waals surface area (Å²) in [5.74, 6) is 0.609. The molecule has 3 heteroatoms. The van der Waals surface area contributed by atoms with Crippen LogP contribution in [0.5, 0.6) is 0 Å². The maximum absolute atomic E-state index is 13.1. The molecule has 1 spiro atoms. The third kappa shape index (κ3) is 5.79. The Kier molecular flexibility index (Phi) is 8.60. The quantitative estimate of drug-likeness (QED) is 0.474. The minimum Gasteiger partial charge on any atom is -0.309 e. The first-order chi connectivity index (χ1) is 12.5. The number of ketones is 1. The Labute approximate surface area is 162 Å². The highest BCUT2D eigenvalue weighted by molar-refractivity contribution is 5.86. The zero-order chi connectivity index (χ0) is 19.0. The number of carbonyl (C=O) groups is 1. The first kappa shape index (κ1) is 21.9. The Hall–Kier alpha value is -0.410. The number of unbranched alkanes of at least 4 members (excludes halogenated alkanes) is 3. The number of likely N-dealkylation sites (tertiary alicyclic amines) is 1. The van der Waals surface area contributed by atoms with Crippen molar-refractivity contribution >= 4 is 5.78 Å². The summed E-state index contributed by atoms with van der Waals surface area (Å²) in [7, 11) is 4.32. The van der Waals surface area contributed by atoms with Crippen molar-refractivity contribution in [1.82, 2.24) is 9.80 Å². The zero-order valence-electron chi connectivity index (χ0n) is 18.1. The number of hydrogen-bond donors (Lipinski definition) is 0. The zero-order valence-corrected chi connectivity index (χ0v) is 18.1. The van der Waals surface area contributed by atoms with Gasteiger partial charge in [0, 0.05) is 18.4 Å². The number of Topliss-reactive ketones (excluding diaryl/α,β-unsaturated/α-hetero) is 1. The fraction of sp³-hybridized carbons (Fsp3) is 0.957. The lowest BCUT2D eigenvalue weighted by molar-refractivity contribution is -0.137. The molecule has 1 unspecified atom stereocenters. The second-order valence-corrected chi connectivity index (χ2v) is 9.62. The maximum Gasteiger partial charge on any atom is 0.139 e. The minimum absolute atomic E-state index is 0.0363. The third-order valence-corrected chi connectivity index (χ3v) is 7.07. The molecule has 1 heterocycles. The molecule has 0 amide bonds. The third-order valence-electron chi connectivity index (χ3n) is 7.07. The molecule has 2 fully saturated rings. The smallest absolute Gasteiger partial charge is 0.139 e. The second kappa shape index (κ2) is 10.2. The summed E-state index contributed by atoms with van der Waals surface area (Å²) >= 11 is 0. The molecule has 1 saturated carbocycles. The van der Waals surface area contributed by atoms with Crippen LogP contribution < -0.4 is 0 Å². The molecule has 0 N–H and O–H groups in total. The summed E-state index contributed by atoms with van der Waals surface area (Å²) in [6.07, 6.45) is 14.5. The SMILES string of the molecule is CCCC1(CCC)CCC2(CCN(CCCCCCN(C)C)C2)CC1=O. The molecule has 0 radical (unpaired) electrons. The van der Waals surface area contributed by atoms with Crippen LogP contribution in [0.3, 0.4) is 0 Å². The molecule has 0 aromatic rings. The molecule has 0 aromatic carbocycles. The molecular weight excluding hydrogens is 320 g/mol. The average Bonchev–Trinajstić information content (AvgIpc) is 2.98. The van der Waals surface area contributed by atoms with E-state index in [-0.39, 0.29) is 5.41 Å². The predicted molar refractivity (Wildman–Crippen MR) is 112 cm³/mol. The molecule has 2 rings (SSSR count). The van der Waals surface area contributed by atoms with E-state index in [0.29, 0.717) is 11.2 Å². The lowest BCUT2D eigenvalue weighted by Crippen LogP contribution is -2.43. The second-order valence-electron chi connectivity index (χ2n) is 9.62. The Morgan fingerprint density at radius 3 is 2.27 bits per heavy atom. The van der Waals surface area contributed by atoms with Gasteiger partial charge in [-0.2, -0.15) is 0 Å². The van der Waals surface area contributed by atoms with Gasteiger partial charge < -0.3 is 9.80 Å². The molecule has 1 saturated heterocycles. The van der Waals surface area contributed by atoms with Crippen LogP contribution in [0.25, 0.3) is 0 Å². The normalized spacial score (nSPS) is 26.3. The van der Waals surface area contributed by atoms with Crippen molar-refractivity contribution in [2.75, 3.05) is 40.3 Å². The molecule has 0 bridgehead atoms. The highest BCUT2D eigenvalue weighted by atomic mass is 16.1. The van der Waals surface area contributed by atoms with Crippen molar-refractivity contribution in [2.24, 2.45) is 10.8 Å². The van der Waals surface area contributed by atoms with Gasteiger partial charge in [0.05, 0.1) is 0 Å². The van der Waals surface area contributed by atoms with Crippen molar-refractivity contribution < 1.29 is 4.79 Å². The molecule has 152 valence electrons. The van der Waals surface area contributed by atoms with E-state index in [1.165, 1.54) is 64.7 Å². The van der Waals surface area contributed by atoms with Gasteiger partial charge in [-0.25, -0.2) is 0 Å². The topological polar surface area (TPSA) is 23.6 Å². The van der Waals surface area contributed by atoms with E-state index in [0.717, 1.165) is 38.5 Å². The number of carbonyl (C=O) groups excluding carboxylic acids is 1. The van der Waals surface area contributed by atoms with Crippen LogP contribution in [-0.4, -0.2) is 55.9 Å². The Bertz CT molecular complexity index is 428. The largest absolute Gasteiger partial charge is 0.309 e. The molecule has 2 aliphatic rings. The Balaban J connectivity index is 1.75. The number of hydrogen-bond acceptors (Lipinski definition) is 3. The molecular formula is C23H44N2O. The van der Waals surface area contributed by atoms with Gasteiger partial charge in [0.15, 0.2) is 0 Å². The average molecular weight is 365 g/mol. The van der Waals surface area contributed by atoms with Gasteiger partial charge >= 0.3 is 0 Å². The fourth-order valence-corrected chi connectivity index (χ4v) is 5.56. The van der Waals surface area contributed by atoms with Crippen molar-refractivity contribution in [3.05, 3.63) is 0 Å². The van der Waals surface area contributed by atoms with E-state index in [4.69, 9.17) is 0 Å².